The van der Waals surface area contributed by atoms with Gasteiger partial charge in [0.05, 0.1) is 5.00 Å². The molecule has 2 aromatic rings. The monoisotopic (exact) mass is 399 g/mol. The minimum atomic E-state index is -0.234. The third kappa shape index (κ3) is 3.94. The topological polar surface area (TPSA) is 91.8 Å². The zero-order valence-corrected chi connectivity index (χ0v) is 16.0. The number of fused-ring (bicyclic) bond motifs is 1. The Hall–Kier alpha value is -1.71. The van der Waals surface area contributed by atoms with E-state index in [9.17, 15) is 9.59 Å². The van der Waals surface area contributed by atoms with Crippen molar-refractivity contribution in [3.63, 3.8) is 0 Å². The van der Waals surface area contributed by atoms with E-state index in [2.05, 4.69) is 20.9 Å². The number of thiophene rings is 1. The summed E-state index contributed by atoms with van der Waals surface area (Å²) in [5.74, 6) is 0.0313. The number of carbonyl (C=O) groups is 2. The lowest BCUT2D eigenvalue weighted by Gasteiger charge is -2.13. The van der Waals surface area contributed by atoms with Crippen LogP contribution in [-0.2, 0) is 28.9 Å². The van der Waals surface area contributed by atoms with Crippen molar-refractivity contribution < 1.29 is 9.59 Å². The van der Waals surface area contributed by atoms with Gasteiger partial charge in [0.15, 0.2) is 5.82 Å². The molecule has 0 aliphatic heterocycles. The normalized spacial score (nSPS) is 13.4. The van der Waals surface area contributed by atoms with Gasteiger partial charge in [-0.1, -0.05) is 0 Å². The van der Waals surface area contributed by atoms with Crippen molar-refractivity contribution in [3.8, 4) is 0 Å². The fourth-order valence-electron chi connectivity index (χ4n) is 2.96. The van der Waals surface area contributed by atoms with Crippen LogP contribution in [0.1, 0.15) is 41.6 Å². The Bertz CT molecular complexity index is 870. The minimum absolute atomic E-state index is 0.0907. The fourth-order valence-corrected chi connectivity index (χ4v) is 4.55. The SMILES string of the molecule is CC(=O)Nn1c(Cc2c(NC(=O)CCl)sc3c2CCCC3)n[nH]c1=S. The second kappa shape index (κ2) is 7.67. The smallest absolute Gasteiger partial charge is 0.239 e. The van der Waals surface area contributed by atoms with E-state index >= 15 is 0 Å². The van der Waals surface area contributed by atoms with Crippen LogP contribution in [0.5, 0.6) is 0 Å². The second-order valence-corrected chi connectivity index (χ2v) is 7.58. The lowest BCUT2D eigenvalue weighted by atomic mass is 9.94. The van der Waals surface area contributed by atoms with Crippen molar-refractivity contribution in [2.24, 2.45) is 0 Å². The highest BCUT2D eigenvalue weighted by molar-refractivity contribution is 7.71. The van der Waals surface area contributed by atoms with Gasteiger partial charge in [0.25, 0.3) is 0 Å². The molecule has 2 heterocycles. The Balaban J connectivity index is 1.99. The molecule has 2 amide bonds. The van der Waals surface area contributed by atoms with E-state index in [1.54, 1.807) is 11.3 Å². The molecular weight excluding hydrogens is 382 g/mol. The van der Waals surface area contributed by atoms with E-state index in [0.29, 0.717) is 17.0 Å². The zero-order chi connectivity index (χ0) is 18.0. The van der Waals surface area contributed by atoms with Crippen molar-refractivity contribution in [1.29, 1.82) is 0 Å². The van der Waals surface area contributed by atoms with Crippen molar-refractivity contribution >= 4 is 52.0 Å². The lowest BCUT2D eigenvalue weighted by Crippen LogP contribution is -2.23. The Labute approximate surface area is 158 Å². The molecule has 2 aromatic heterocycles. The Morgan fingerprint density at radius 3 is 2.88 bits per heavy atom. The summed E-state index contributed by atoms with van der Waals surface area (Å²) in [6.45, 7) is 1.41. The molecule has 0 aromatic carbocycles. The van der Waals surface area contributed by atoms with Gasteiger partial charge in [-0.15, -0.1) is 22.9 Å². The quantitative estimate of drug-likeness (QED) is 0.532. The summed E-state index contributed by atoms with van der Waals surface area (Å²) in [5, 5.41) is 10.6. The number of H-pyrrole nitrogens is 1. The number of hydrogen-bond acceptors (Lipinski definition) is 5. The zero-order valence-electron chi connectivity index (χ0n) is 13.6. The molecule has 134 valence electrons. The molecule has 0 radical (unpaired) electrons. The third-order valence-electron chi connectivity index (χ3n) is 4.00. The van der Waals surface area contributed by atoms with Gasteiger partial charge in [0.1, 0.15) is 5.88 Å². The number of nitrogens with zero attached hydrogens (tertiary/aromatic N) is 2. The first-order valence-corrected chi connectivity index (χ1v) is 9.68. The van der Waals surface area contributed by atoms with Crippen LogP contribution in [0, 0.1) is 4.77 Å². The maximum atomic E-state index is 11.8. The molecule has 1 aliphatic rings. The van der Waals surface area contributed by atoms with E-state index in [1.165, 1.54) is 22.0 Å². The van der Waals surface area contributed by atoms with Crippen LogP contribution in [0.3, 0.4) is 0 Å². The number of hydrogen-bond donors (Lipinski definition) is 3. The number of rotatable bonds is 5. The predicted octanol–water partition coefficient (Wildman–Crippen LogP) is 2.74. The summed E-state index contributed by atoms with van der Waals surface area (Å²) in [5.41, 5.74) is 4.95. The van der Waals surface area contributed by atoms with E-state index in [0.717, 1.165) is 36.2 Å². The Kier molecular flexibility index (Phi) is 5.55. The average Bonchev–Trinajstić information content (AvgIpc) is 3.09. The van der Waals surface area contributed by atoms with Crippen molar-refractivity contribution in [3.05, 3.63) is 26.6 Å². The minimum Gasteiger partial charge on any atom is -0.316 e. The molecule has 25 heavy (non-hydrogen) atoms. The van der Waals surface area contributed by atoms with Crippen LogP contribution in [0.4, 0.5) is 5.00 Å². The molecule has 0 fully saturated rings. The van der Waals surface area contributed by atoms with Crippen LogP contribution in [-0.4, -0.2) is 32.6 Å². The first-order chi connectivity index (χ1) is 12.0. The van der Waals surface area contributed by atoms with E-state index < -0.39 is 0 Å². The van der Waals surface area contributed by atoms with Gasteiger partial charge in [-0.2, -0.15) is 5.10 Å². The summed E-state index contributed by atoms with van der Waals surface area (Å²) >= 11 is 12.4. The van der Waals surface area contributed by atoms with Crippen LogP contribution < -0.4 is 10.7 Å². The number of aromatic nitrogens is 3. The highest BCUT2D eigenvalue weighted by Gasteiger charge is 2.23. The number of anilines is 1. The van der Waals surface area contributed by atoms with Gasteiger partial charge < -0.3 is 5.32 Å². The van der Waals surface area contributed by atoms with Gasteiger partial charge in [-0.05, 0) is 49.0 Å². The summed E-state index contributed by atoms with van der Waals surface area (Å²) in [7, 11) is 0. The van der Waals surface area contributed by atoms with E-state index in [-0.39, 0.29) is 17.7 Å². The molecular formula is C15H18ClN5O2S2. The van der Waals surface area contributed by atoms with Gasteiger partial charge in [-0.3, -0.25) is 20.1 Å². The first-order valence-electron chi connectivity index (χ1n) is 7.92. The van der Waals surface area contributed by atoms with Crippen molar-refractivity contribution in [2.45, 2.75) is 39.0 Å². The number of carbonyl (C=O) groups excluding carboxylic acids is 2. The summed E-state index contributed by atoms with van der Waals surface area (Å²) in [4.78, 5) is 24.5. The number of amides is 2. The van der Waals surface area contributed by atoms with E-state index in [4.69, 9.17) is 23.8 Å². The summed E-state index contributed by atoms with van der Waals surface area (Å²) < 4.78 is 1.79. The molecule has 0 unspecified atom stereocenters. The highest BCUT2D eigenvalue weighted by atomic mass is 35.5. The second-order valence-electron chi connectivity index (χ2n) is 5.83. The number of aryl methyl sites for hydroxylation is 1. The molecule has 0 saturated heterocycles. The van der Waals surface area contributed by atoms with Gasteiger partial charge >= 0.3 is 0 Å². The molecule has 10 heteroatoms. The van der Waals surface area contributed by atoms with Crippen molar-refractivity contribution in [1.82, 2.24) is 14.9 Å². The molecule has 3 rings (SSSR count). The fraction of sp³-hybridized carbons (Fsp3) is 0.467. The predicted molar refractivity (Wildman–Crippen MR) is 101 cm³/mol. The summed E-state index contributed by atoms with van der Waals surface area (Å²) in [6, 6.07) is 0. The van der Waals surface area contributed by atoms with Crippen LogP contribution in [0.15, 0.2) is 0 Å². The van der Waals surface area contributed by atoms with Gasteiger partial charge in [0, 0.05) is 18.2 Å². The average molecular weight is 400 g/mol. The molecule has 0 saturated carbocycles. The maximum absolute atomic E-state index is 11.8. The largest absolute Gasteiger partial charge is 0.316 e. The molecule has 0 atom stereocenters. The van der Waals surface area contributed by atoms with Crippen LogP contribution >= 0.6 is 35.2 Å². The number of halogens is 1. The maximum Gasteiger partial charge on any atom is 0.239 e. The molecule has 0 bridgehead atoms. The van der Waals surface area contributed by atoms with Crippen LogP contribution in [0.2, 0.25) is 0 Å². The molecule has 1 aliphatic carbocycles. The van der Waals surface area contributed by atoms with Crippen LogP contribution in [0.25, 0.3) is 0 Å². The third-order valence-corrected chi connectivity index (χ3v) is 5.77. The number of nitrogens with one attached hydrogen (secondary N) is 3. The molecule has 0 spiro atoms. The summed E-state index contributed by atoms with van der Waals surface area (Å²) in [6.07, 6.45) is 4.72. The van der Waals surface area contributed by atoms with Gasteiger partial charge in [-0.25, -0.2) is 4.68 Å². The Morgan fingerprint density at radius 2 is 2.16 bits per heavy atom. The molecule has 3 N–H and O–H groups in total. The number of aromatic amines is 1. The van der Waals surface area contributed by atoms with Gasteiger partial charge in [0.2, 0.25) is 16.6 Å². The Morgan fingerprint density at radius 1 is 1.40 bits per heavy atom. The molecule has 7 nitrogen and oxygen atoms in total. The first kappa shape index (κ1) is 18.1. The van der Waals surface area contributed by atoms with E-state index in [1.807, 2.05) is 0 Å². The number of alkyl halides is 1. The standard InChI is InChI=1S/C15H18ClN5O2S2/c1-8(22)20-21-12(18-19-15(21)24)6-10-9-4-2-3-5-11(9)25-14(10)17-13(23)7-16/h2-7H2,1H3,(H,17,23)(H,19,24)(H,20,22). The van der Waals surface area contributed by atoms with Crippen molar-refractivity contribution in [2.75, 3.05) is 16.6 Å². The lowest BCUT2D eigenvalue weighted by molar-refractivity contribution is -0.115. The highest BCUT2D eigenvalue weighted by Crippen LogP contribution is 2.39.